The van der Waals surface area contributed by atoms with Crippen molar-refractivity contribution in [1.82, 2.24) is 0 Å². The molecule has 0 N–H and O–H groups in total. The number of hydrogen-bond donors (Lipinski definition) is 0. The topological polar surface area (TPSA) is 22.4 Å². The Labute approximate surface area is 70.8 Å². The Hall–Kier alpha value is -0.830. The predicted octanol–water partition coefficient (Wildman–Crippen LogP) is 2.80. The molecule has 0 saturated heterocycles. The number of hydrogen-bond acceptors (Lipinski definition) is 3. The van der Waals surface area contributed by atoms with Crippen molar-refractivity contribution >= 4 is 12.2 Å². The molecule has 0 bridgehead atoms. The van der Waals surface area contributed by atoms with Gasteiger partial charge in [0.05, 0.1) is 16.9 Å². The van der Waals surface area contributed by atoms with Crippen molar-refractivity contribution in [2.24, 2.45) is 0 Å². The minimum Gasteiger partial charge on any atom is -0.486 e. The van der Waals surface area contributed by atoms with Gasteiger partial charge in [-0.05, 0) is 19.9 Å². The molecule has 60 valence electrons. The van der Waals surface area contributed by atoms with Crippen LogP contribution in [0.1, 0.15) is 13.8 Å². The fourth-order valence-corrected chi connectivity index (χ4v) is 0.834. The molecule has 0 amide bonds. The molecule has 3 heteroatoms. The maximum Gasteiger partial charge on any atom is 0.172 e. The van der Waals surface area contributed by atoms with Gasteiger partial charge in [-0.25, -0.2) is 0 Å². The first-order valence-electron chi connectivity index (χ1n) is 3.43. The molecule has 0 saturated carbocycles. The van der Waals surface area contributed by atoms with Crippen molar-refractivity contribution in [1.29, 1.82) is 0 Å². The molecule has 0 aromatic carbocycles. The zero-order chi connectivity index (χ0) is 8.27. The van der Waals surface area contributed by atoms with E-state index in [-0.39, 0.29) is 6.10 Å². The highest BCUT2D eigenvalue weighted by Gasteiger charge is 1.98. The maximum atomic E-state index is 5.35. The lowest BCUT2D eigenvalue weighted by Gasteiger charge is -2.07. The summed E-state index contributed by atoms with van der Waals surface area (Å²) in [6, 6.07) is 1.70. The van der Waals surface area contributed by atoms with Gasteiger partial charge in [-0.3, -0.25) is 0 Å². The first kappa shape index (κ1) is 8.27. The SMILES string of the molecule is CC(C)Oc1coccc1=S. The van der Waals surface area contributed by atoms with Crippen LogP contribution in [-0.4, -0.2) is 6.10 Å². The molecule has 0 atom stereocenters. The standard InChI is InChI=1S/C8H10O2S/c1-6(2)10-7-5-9-4-3-8(7)11/h3-6H,1-2H3. The zero-order valence-electron chi connectivity index (χ0n) is 6.53. The molecule has 1 aromatic heterocycles. The van der Waals surface area contributed by atoms with E-state index in [0.717, 1.165) is 0 Å². The van der Waals surface area contributed by atoms with E-state index in [4.69, 9.17) is 21.4 Å². The summed E-state index contributed by atoms with van der Waals surface area (Å²) in [5.74, 6) is 0.637. The number of rotatable bonds is 2. The average molecular weight is 170 g/mol. The van der Waals surface area contributed by atoms with Gasteiger partial charge < -0.3 is 9.15 Å². The Morgan fingerprint density at radius 1 is 1.55 bits per heavy atom. The Bertz CT molecular complexity index is 277. The van der Waals surface area contributed by atoms with Gasteiger partial charge >= 0.3 is 0 Å². The third-order valence-electron chi connectivity index (χ3n) is 1.08. The molecule has 0 aliphatic carbocycles. The summed E-state index contributed by atoms with van der Waals surface area (Å²) in [5.41, 5.74) is 0. The highest BCUT2D eigenvalue weighted by molar-refractivity contribution is 7.71. The molecule has 0 aliphatic rings. The first-order chi connectivity index (χ1) is 5.20. The zero-order valence-corrected chi connectivity index (χ0v) is 7.35. The van der Waals surface area contributed by atoms with Crippen LogP contribution in [0.2, 0.25) is 0 Å². The van der Waals surface area contributed by atoms with Crippen molar-refractivity contribution in [2.45, 2.75) is 20.0 Å². The van der Waals surface area contributed by atoms with Gasteiger partial charge in [0.2, 0.25) is 0 Å². The molecular formula is C8H10O2S. The van der Waals surface area contributed by atoms with Crippen LogP contribution in [0.3, 0.4) is 0 Å². The van der Waals surface area contributed by atoms with Crippen LogP contribution in [0.4, 0.5) is 0 Å². The lowest BCUT2D eigenvalue weighted by molar-refractivity contribution is 0.234. The maximum absolute atomic E-state index is 5.35. The van der Waals surface area contributed by atoms with Crippen LogP contribution >= 0.6 is 12.2 Å². The number of ether oxygens (including phenoxy) is 1. The highest BCUT2D eigenvalue weighted by Crippen LogP contribution is 2.13. The van der Waals surface area contributed by atoms with Crippen molar-refractivity contribution in [2.75, 3.05) is 0 Å². The Kier molecular flexibility index (Phi) is 2.65. The first-order valence-corrected chi connectivity index (χ1v) is 3.84. The van der Waals surface area contributed by atoms with Crippen molar-refractivity contribution in [3.8, 4) is 5.75 Å². The summed E-state index contributed by atoms with van der Waals surface area (Å²) in [7, 11) is 0. The van der Waals surface area contributed by atoms with Crippen LogP contribution in [0.5, 0.6) is 5.75 Å². The molecular weight excluding hydrogens is 160 g/mol. The summed E-state index contributed by atoms with van der Waals surface area (Å²) in [6.07, 6.45) is 3.19. The van der Waals surface area contributed by atoms with Crippen molar-refractivity contribution < 1.29 is 9.15 Å². The Balaban J connectivity index is 2.87. The summed E-state index contributed by atoms with van der Waals surface area (Å²) < 4.78 is 10.9. The van der Waals surface area contributed by atoms with E-state index in [1.54, 1.807) is 6.07 Å². The molecule has 2 nitrogen and oxygen atoms in total. The van der Waals surface area contributed by atoms with E-state index < -0.39 is 0 Å². The van der Waals surface area contributed by atoms with Gasteiger partial charge in [0, 0.05) is 0 Å². The van der Waals surface area contributed by atoms with Crippen LogP contribution in [0.25, 0.3) is 0 Å². The molecule has 1 rings (SSSR count). The minimum atomic E-state index is 0.134. The Morgan fingerprint density at radius 3 is 2.82 bits per heavy atom. The van der Waals surface area contributed by atoms with Gasteiger partial charge in [-0.1, -0.05) is 12.2 Å². The lowest BCUT2D eigenvalue weighted by Crippen LogP contribution is -2.05. The lowest BCUT2D eigenvalue weighted by atomic mass is 10.4. The second-order valence-corrected chi connectivity index (χ2v) is 2.89. The fourth-order valence-electron chi connectivity index (χ4n) is 0.682. The minimum absolute atomic E-state index is 0.134. The van der Waals surface area contributed by atoms with E-state index in [9.17, 15) is 0 Å². The highest BCUT2D eigenvalue weighted by atomic mass is 32.1. The van der Waals surface area contributed by atoms with Gasteiger partial charge in [0.1, 0.15) is 6.26 Å². The summed E-state index contributed by atoms with van der Waals surface area (Å²) in [6.45, 7) is 3.89. The molecule has 0 aliphatic heterocycles. The van der Waals surface area contributed by atoms with Gasteiger partial charge in [-0.15, -0.1) is 0 Å². The Morgan fingerprint density at radius 2 is 2.27 bits per heavy atom. The third kappa shape index (κ3) is 2.35. The molecule has 1 aromatic rings. The van der Waals surface area contributed by atoms with E-state index in [0.29, 0.717) is 10.3 Å². The smallest absolute Gasteiger partial charge is 0.172 e. The summed E-state index contributed by atoms with van der Waals surface area (Å²) in [5, 5.41) is 0. The second kappa shape index (κ2) is 3.53. The quantitative estimate of drug-likeness (QED) is 0.637. The van der Waals surface area contributed by atoms with Crippen molar-refractivity contribution in [3.63, 3.8) is 0 Å². The molecule has 0 radical (unpaired) electrons. The van der Waals surface area contributed by atoms with E-state index >= 15 is 0 Å². The van der Waals surface area contributed by atoms with Crippen LogP contribution in [0, 0.1) is 4.51 Å². The summed E-state index contributed by atoms with van der Waals surface area (Å²) in [4.78, 5) is 0. The van der Waals surface area contributed by atoms with Gasteiger partial charge in [0.15, 0.2) is 5.75 Å². The van der Waals surface area contributed by atoms with Crippen molar-refractivity contribution in [3.05, 3.63) is 23.1 Å². The molecule has 11 heavy (non-hydrogen) atoms. The van der Waals surface area contributed by atoms with Crippen LogP contribution in [0.15, 0.2) is 23.0 Å². The summed E-state index contributed by atoms with van der Waals surface area (Å²) >= 11 is 4.99. The largest absolute Gasteiger partial charge is 0.486 e. The monoisotopic (exact) mass is 170 g/mol. The fraction of sp³-hybridized carbons (Fsp3) is 0.375. The van der Waals surface area contributed by atoms with Gasteiger partial charge in [-0.2, -0.15) is 0 Å². The third-order valence-corrected chi connectivity index (χ3v) is 1.42. The normalized spacial score (nSPS) is 10.1. The molecule has 0 fully saturated rings. The second-order valence-electron chi connectivity index (χ2n) is 2.45. The van der Waals surface area contributed by atoms with E-state index in [1.165, 1.54) is 12.5 Å². The van der Waals surface area contributed by atoms with E-state index in [2.05, 4.69) is 0 Å². The van der Waals surface area contributed by atoms with Gasteiger partial charge in [0.25, 0.3) is 0 Å². The molecule has 0 unspecified atom stereocenters. The predicted molar refractivity (Wildman–Crippen MR) is 45.3 cm³/mol. The molecule has 0 spiro atoms. The van der Waals surface area contributed by atoms with E-state index in [1.807, 2.05) is 13.8 Å². The molecule has 1 heterocycles. The average Bonchev–Trinajstić information content (AvgIpc) is 1.93. The van der Waals surface area contributed by atoms with Crippen LogP contribution < -0.4 is 4.74 Å². The van der Waals surface area contributed by atoms with Crippen LogP contribution in [-0.2, 0) is 0 Å².